The maximum absolute atomic E-state index is 12.5. The predicted molar refractivity (Wildman–Crippen MR) is 79.9 cm³/mol. The Morgan fingerprint density at radius 2 is 2.41 bits per heavy atom. The van der Waals surface area contributed by atoms with Crippen LogP contribution in [-0.4, -0.2) is 41.2 Å². The summed E-state index contributed by atoms with van der Waals surface area (Å²) < 4.78 is 12.1. The molecule has 2 aromatic heterocycles. The molecule has 1 atom stereocenters. The lowest BCUT2D eigenvalue weighted by atomic mass is 10.00. The van der Waals surface area contributed by atoms with Crippen molar-refractivity contribution in [1.29, 1.82) is 0 Å². The number of hydrogen-bond donors (Lipinski definition) is 1. The number of fused-ring (bicyclic) bond motifs is 1. The van der Waals surface area contributed by atoms with Gasteiger partial charge in [0.1, 0.15) is 11.3 Å². The number of pyridine rings is 1. The molecule has 1 saturated heterocycles. The van der Waals surface area contributed by atoms with Gasteiger partial charge in [-0.15, -0.1) is 0 Å². The van der Waals surface area contributed by atoms with Gasteiger partial charge in [-0.05, 0) is 25.0 Å². The normalized spacial score (nSPS) is 21.1. The van der Waals surface area contributed by atoms with Gasteiger partial charge in [-0.2, -0.15) is 0 Å². The molecule has 0 spiro atoms. The molecular weight excluding hydrogens is 286 g/mol. The first-order chi connectivity index (χ1) is 10.7. The fraction of sp³-hybridized carbons (Fsp3) is 0.400. The van der Waals surface area contributed by atoms with Gasteiger partial charge in [0.25, 0.3) is 11.5 Å². The summed E-state index contributed by atoms with van der Waals surface area (Å²) >= 11 is 0. The number of anilines is 1. The number of aromatic nitrogens is 2. The van der Waals surface area contributed by atoms with Crippen molar-refractivity contribution in [2.75, 3.05) is 25.6 Å². The SMILES string of the molecule is COCC1(C(=O)Nc2cnc3ccccn3c2=O)CCCO1. The smallest absolute Gasteiger partial charge is 0.281 e. The number of hydrogen-bond acceptors (Lipinski definition) is 5. The van der Waals surface area contributed by atoms with Crippen LogP contribution in [0.25, 0.3) is 5.65 Å². The van der Waals surface area contributed by atoms with Gasteiger partial charge in [0, 0.05) is 19.9 Å². The average molecular weight is 303 g/mol. The minimum Gasteiger partial charge on any atom is -0.381 e. The molecule has 7 nitrogen and oxygen atoms in total. The summed E-state index contributed by atoms with van der Waals surface area (Å²) in [7, 11) is 1.52. The summed E-state index contributed by atoms with van der Waals surface area (Å²) in [5, 5.41) is 2.63. The molecule has 3 rings (SSSR count). The topological polar surface area (TPSA) is 81.9 Å². The molecule has 22 heavy (non-hydrogen) atoms. The molecule has 1 aliphatic rings. The van der Waals surface area contributed by atoms with Crippen molar-refractivity contribution in [1.82, 2.24) is 9.38 Å². The second-order valence-electron chi connectivity index (χ2n) is 5.24. The molecule has 0 saturated carbocycles. The molecule has 0 radical (unpaired) electrons. The molecule has 1 aliphatic heterocycles. The maximum atomic E-state index is 12.5. The second kappa shape index (κ2) is 5.86. The average Bonchev–Trinajstić information content (AvgIpc) is 3.00. The van der Waals surface area contributed by atoms with Gasteiger partial charge in [0.2, 0.25) is 0 Å². The fourth-order valence-electron chi connectivity index (χ4n) is 2.64. The third-order valence-corrected chi connectivity index (χ3v) is 3.76. The number of ether oxygens (including phenoxy) is 2. The highest BCUT2D eigenvalue weighted by Crippen LogP contribution is 2.27. The Balaban J connectivity index is 1.91. The van der Waals surface area contributed by atoms with E-state index in [0.717, 1.165) is 6.42 Å². The Bertz CT molecular complexity index is 750. The van der Waals surface area contributed by atoms with Crippen molar-refractivity contribution >= 4 is 17.2 Å². The summed E-state index contributed by atoms with van der Waals surface area (Å²) in [4.78, 5) is 29.1. The molecule has 0 bridgehead atoms. The van der Waals surface area contributed by atoms with Crippen LogP contribution in [0.4, 0.5) is 5.69 Å². The van der Waals surface area contributed by atoms with Crippen LogP contribution in [0.3, 0.4) is 0 Å². The molecule has 1 unspecified atom stereocenters. The van der Waals surface area contributed by atoms with Crippen LogP contribution in [0.2, 0.25) is 0 Å². The summed E-state index contributed by atoms with van der Waals surface area (Å²) in [5.74, 6) is -0.373. The lowest BCUT2D eigenvalue weighted by molar-refractivity contribution is -0.141. The molecule has 3 heterocycles. The number of nitrogens with one attached hydrogen (secondary N) is 1. The monoisotopic (exact) mass is 303 g/mol. The molecule has 2 aromatic rings. The highest BCUT2D eigenvalue weighted by Gasteiger charge is 2.43. The zero-order valence-corrected chi connectivity index (χ0v) is 12.2. The molecule has 0 aliphatic carbocycles. The Labute approximate surface area is 126 Å². The number of carbonyl (C=O) groups is 1. The number of carbonyl (C=O) groups excluding carboxylic acids is 1. The first-order valence-corrected chi connectivity index (χ1v) is 7.07. The quantitative estimate of drug-likeness (QED) is 0.904. The largest absolute Gasteiger partial charge is 0.381 e. The van der Waals surface area contributed by atoms with E-state index in [2.05, 4.69) is 10.3 Å². The van der Waals surface area contributed by atoms with Crippen LogP contribution < -0.4 is 10.9 Å². The van der Waals surface area contributed by atoms with E-state index in [9.17, 15) is 9.59 Å². The van der Waals surface area contributed by atoms with Crippen molar-refractivity contribution in [3.05, 3.63) is 40.9 Å². The van der Waals surface area contributed by atoms with E-state index < -0.39 is 5.60 Å². The first kappa shape index (κ1) is 14.7. The zero-order chi connectivity index (χ0) is 15.6. The van der Waals surface area contributed by atoms with Crippen LogP contribution >= 0.6 is 0 Å². The van der Waals surface area contributed by atoms with Crippen LogP contribution in [-0.2, 0) is 14.3 Å². The predicted octanol–water partition coefficient (Wildman–Crippen LogP) is 0.829. The lowest BCUT2D eigenvalue weighted by Crippen LogP contribution is -2.47. The molecule has 1 amide bonds. The van der Waals surface area contributed by atoms with Gasteiger partial charge in [0.15, 0.2) is 5.60 Å². The molecule has 1 fully saturated rings. The van der Waals surface area contributed by atoms with Crippen LogP contribution in [0.5, 0.6) is 0 Å². The second-order valence-corrected chi connectivity index (χ2v) is 5.24. The Hall–Kier alpha value is -2.25. The van der Waals surface area contributed by atoms with E-state index >= 15 is 0 Å². The zero-order valence-electron chi connectivity index (χ0n) is 12.2. The number of rotatable bonds is 4. The van der Waals surface area contributed by atoms with Gasteiger partial charge in [-0.1, -0.05) is 6.07 Å². The maximum Gasteiger partial charge on any atom is 0.281 e. The van der Waals surface area contributed by atoms with E-state index in [1.807, 2.05) is 0 Å². The van der Waals surface area contributed by atoms with Crippen molar-refractivity contribution in [2.24, 2.45) is 0 Å². The number of amides is 1. The van der Waals surface area contributed by atoms with Gasteiger partial charge in [0.05, 0.1) is 12.8 Å². The molecule has 1 N–H and O–H groups in total. The Morgan fingerprint density at radius 3 is 3.14 bits per heavy atom. The van der Waals surface area contributed by atoms with E-state index in [4.69, 9.17) is 9.47 Å². The van der Waals surface area contributed by atoms with Crippen molar-refractivity contribution in [2.45, 2.75) is 18.4 Å². The molecule has 116 valence electrons. The van der Waals surface area contributed by atoms with Gasteiger partial charge >= 0.3 is 0 Å². The molecular formula is C15H17N3O4. The summed E-state index contributed by atoms with van der Waals surface area (Å²) in [6.45, 7) is 0.660. The lowest BCUT2D eigenvalue weighted by Gasteiger charge is -2.25. The summed E-state index contributed by atoms with van der Waals surface area (Å²) in [5.41, 5.74) is -0.712. The third-order valence-electron chi connectivity index (χ3n) is 3.76. The van der Waals surface area contributed by atoms with Crippen molar-refractivity contribution in [3.8, 4) is 0 Å². The summed E-state index contributed by atoms with van der Waals surface area (Å²) in [6, 6.07) is 5.24. The standard InChI is InChI=1S/C15H17N3O4/c1-21-10-15(6-4-8-22-15)14(20)17-11-9-16-12-5-2-3-7-18(12)13(11)19/h2-3,5,7,9H,4,6,8,10H2,1H3,(H,17,20). The van der Waals surface area contributed by atoms with Crippen LogP contribution in [0.1, 0.15) is 12.8 Å². The Kier molecular flexibility index (Phi) is 3.91. The van der Waals surface area contributed by atoms with Gasteiger partial charge < -0.3 is 14.8 Å². The fourth-order valence-corrected chi connectivity index (χ4v) is 2.64. The van der Waals surface area contributed by atoms with E-state index in [0.29, 0.717) is 18.7 Å². The minimum absolute atomic E-state index is 0.125. The third kappa shape index (κ3) is 2.49. The van der Waals surface area contributed by atoms with Gasteiger partial charge in [-0.3, -0.25) is 14.0 Å². The highest BCUT2D eigenvalue weighted by molar-refractivity contribution is 5.97. The molecule has 0 aromatic carbocycles. The van der Waals surface area contributed by atoms with E-state index in [1.54, 1.807) is 24.4 Å². The first-order valence-electron chi connectivity index (χ1n) is 7.07. The number of nitrogens with zero attached hydrogens (tertiary/aromatic N) is 2. The number of methoxy groups -OCH3 is 1. The van der Waals surface area contributed by atoms with E-state index in [-0.39, 0.29) is 23.8 Å². The van der Waals surface area contributed by atoms with Crippen molar-refractivity contribution < 1.29 is 14.3 Å². The summed E-state index contributed by atoms with van der Waals surface area (Å²) in [6.07, 6.45) is 4.32. The highest BCUT2D eigenvalue weighted by atomic mass is 16.5. The van der Waals surface area contributed by atoms with Crippen LogP contribution in [0, 0.1) is 0 Å². The minimum atomic E-state index is -1.03. The molecule has 7 heteroatoms. The van der Waals surface area contributed by atoms with Gasteiger partial charge in [-0.25, -0.2) is 4.98 Å². The van der Waals surface area contributed by atoms with Crippen LogP contribution in [0.15, 0.2) is 35.4 Å². The Morgan fingerprint density at radius 1 is 1.55 bits per heavy atom. The van der Waals surface area contributed by atoms with Crippen molar-refractivity contribution in [3.63, 3.8) is 0 Å². The van der Waals surface area contributed by atoms with E-state index in [1.165, 1.54) is 17.7 Å².